The lowest BCUT2D eigenvalue weighted by atomic mass is 10.1. The number of benzene rings is 1. The Labute approximate surface area is 81.8 Å². The molecule has 1 aromatic carbocycles. The van der Waals surface area contributed by atoms with Gasteiger partial charge in [0, 0.05) is 0 Å². The molecule has 0 saturated heterocycles. The molecule has 64 valence electrons. The number of hydrogen-bond acceptors (Lipinski definition) is 2. The molecule has 12 heavy (non-hydrogen) atoms. The van der Waals surface area contributed by atoms with E-state index in [9.17, 15) is 0 Å². The number of rotatable bonds is 4. The van der Waals surface area contributed by atoms with Gasteiger partial charge in [-0.15, -0.1) is 6.58 Å². The normalized spacial score (nSPS) is 12.4. The Balaban J connectivity index is 2.73. The largest absolute Gasteiger partial charge is 0.102 e. The zero-order valence-corrected chi connectivity index (χ0v) is 8.70. The highest BCUT2D eigenvalue weighted by Crippen LogP contribution is 2.36. The molecule has 0 radical (unpaired) electrons. The molecule has 1 aromatic rings. The van der Waals surface area contributed by atoms with Gasteiger partial charge in [0.2, 0.25) is 0 Å². The van der Waals surface area contributed by atoms with Crippen LogP contribution in [0, 0.1) is 0 Å². The molecule has 0 spiro atoms. The van der Waals surface area contributed by atoms with Crippen LogP contribution in [0.1, 0.15) is 10.8 Å². The molecule has 0 aliphatic rings. The summed E-state index contributed by atoms with van der Waals surface area (Å²) in [6.07, 6.45) is 4.07. The standard InChI is InChI=1S/C10H12S2/c1-3-10(12-11-2)9-7-5-4-6-8-9/h3-8,10H,1H2,2H3. The maximum absolute atomic E-state index is 3.82. The van der Waals surface area contributed by atoms with E-state index in [0.29, 0.717) is 5.25 Å². The molecule has 1 atom stereocenters. The molecule has 0 aliphatic heterocycles. The van der Waals surface area contributed by atoms with E-state index in [1.54, 1.807) is 10.8 Å². The average Bonchev–Trinajstić information content (AvgIpc) is 2.15. The summed E-state index contributed by atoms with van der Waals surface area (Å²) in [5, 5.41) is 0.418. The average molecular weight is 196 g/mol. The van der Waals surface area contributed by atoms with Gasteiger partial charge in [-0.1, -0.05) is 58.0 Å². The van der Waals surface area contributed by atoms with E-state index in [0.717, 1.165) is 0 Å². The van der Waals surface area contributed by atoms with Crippen molar-refractivity contribution in [3.63, 3.8) is 0 Å². The highest BCUT2D eigenvalue weighted by Gasteiger charge is 2.05. The van der Waals surface area contributed by atoms with E-state index in [1.807, 2.05) is 22.9 Å². The molecule has 0 heterocycles. The van der Waals surface area contributed by atoms with Crippen molar-refractivity contribution >= 4 is 21.6 Å². The maximum Gasteiger partial charge on any atom is 0.0578 e. The third kappa shape index (κ3) is 2.61. The summed E-state index contributed by atoms with van der Waals surface area (Å²) >= 11 is 0. The van der Waals surface area contributed by atoms with Crippen LogP contribution in [0.2, 0.25) is 0 Å². The highest BCUT2D eigenvalue weighted by atomic mass is 33.1. The molecule has 0 nitrogen and oxygen atoms in total. The van der Waals surface area contributed by atoms with Gasteiger partial charge in [0.05, 0.1) is 5.25 Å². The summed E-state index contributed by atoms with van der Waals surface area (Å²) < 4.78 is 0. The van der Waals surface area contributed by atoms with Crippen molar-refractivity contribution < 1.29 is 0 Å². The van der Waals surface area contributed by atoms with Crippen LogP contribution in [0.15, 0.2) is 43.0 Å². The summed E-state index contributed by atoms with van der Waals surface area (Å²) in [7, 11) is 3.60. The van der Waals surface area contributed by atoms with Crippen LogP contribution in [0.4, 0.5) is 0 Å². The fourth-order valence-corrected chi connectivity index (χ4v) is 2.72. The molecule has 0 aromatic heterocycles. The van der Waals surface area contributed by atoms with Gasteiger partial charge in [-0.25, -0.2) is 0 Å². The Morgan fingerprint density at radius 2 is 2.00 bits per heavy atom. The number of hydrogen-bond donors (Lipinski definition) is 0. The first-order valence-electron chi connectivity index (χ1n) is 3.75. The smallest absolute Gasteiger partial charge is 0.0578 e. The Morgan fingerprint density at radius 3 is 2.50 bits per heavy atom. The summed E-state index contributed by atoms with van der Waals surface area (Å²) in [5.41, 5.74) is 1.33. The summed E-state index contributed by atoms with van der Waals surface area (Å²) in [5.74, 6) is 0. The third-order valence-electron chi connectivity index (χ3n) is 1.54. The van der Waals surface area contributed by atoms with Gasteiger partial charge in [-0.2, -0.15) is 0 Å². The fourth-order valence-electron chi connectivity index (χ4n) is 0.977. The van der Waals surface area contributed by atoms with Gasteiger partial charge in [0.1, 0.15) is 0 Å². The molecule has 0 fully saturated rings. The van der Waals surface area contributed by atoms with E-state index in [-0.39, 0.29) is 0 Å². The van der Waals surface area contributed by atoms with Crippen molar-refractivity contribution in [1.29, 1.82) is 0 Å². The van der Waals surface area contributed by atoms with Crippen LogP contribution in [0.3, 0.4) is 0 Å². The van der Waals surface area contributed by atoms with Crippen LogP contribution < -0.4 is 0 Å². The van der Waals surface area contributed by atoms with E-state index >= 15 is 0 Å². The second kappa shape index (κ2) is 5.33. The van der Waals surface area contributed by atoms with Crippen LogP contribution in [-0.2, 0) is 0 Å². The molecular weight excluding hydrogens is 184 g/mol. The molecule has 0 bridgehead atoms. The second-order valence-electron chi connectivity index (χ2n) is 2.33. The molecular formula is C10H12S2. The predicted octanol–water partition coefficient (Wildman–Crippen LogP) is 3.92. The van der Waals surface area contributed by atoms with Gasteiger partial charge < -0.3 is 0 Å². The summed E-state index contributed by atoms with van der Waals surface area (Å²) in [6.45, 7) is 3.82. The Bertz CT molecular complexity index is 231. The minimum atomic E-state index is 0.418. The molecule has 0 amide bonds. The lowest BCUT2D eigenvalue weighted by molar-refractivity contribution is 1.25. The molecule has 2 heteroatoms. The lowest BCUT2D eigenvalue weighted by Crippen LogP contribution is -1.85. The highest BCUT2D eigenvalue weighted by molar-refractivity contribution is 8.76. The Morgan fingerprint density at radius 1 is 1.33 bits per heavy atom. The first kappa shape index (κ1) is 9.75. The molecule has 0 aliphatic carbocycles. The van der Waals surface area contributed by atoms with Gasteiger partial charge in [-0.3, -0.25) is 0 Å². The molecule has 0 N–H and O–H groups in total. The van der Waals surface area contributed by atoms with Crippen molar-refractivity contribution in [2.24, 2.45) is 0 Å². The van der Waals surface area contributed by atoms with Crippen LogP contribution in [0.5, 0.6) is 0 Å². The van der Waals surface area contributed by atoms with E-state index in [2.05, 4.69) is 37.1 Å². The van der Waals surface area contributed by atoms with Gasteiger partial charge in [0.15, 0.2) is 0 Å². The lowest BCUT2D eigenvalue weighted by Gasteiger charge is -2.09. The fraction of sp³-hybridized carbons (Fsp3) is 0.200. The first-order chi connectivity index (χ1) is 5.88. The van der Waals surface area contributed by atoms with Crippen molar-refractivity contribution in [3.8, 4) is 0 Å². The predicted molar refractivity (Wildman–Crippen MR) is 60.5 cm³/mol. The monoisotopic (exact) mass is 196 g/mol. The summed E-state index contributed by atoms with van der Waals surface area (Å²) in [6, 6.07) is 10.4. The van der Waals surface area contributed by atoms with Crippen LogP contribution in [0.25, 0.3) is 0 Å². The molecule has 1 unspecified atom stereocenters. The summed E-state index contributed by atoms with van der Waals surface area (Å²) in [4.78, 5) is 0. The SMILES string of the molecule is C=CC(SSC)c1ccccc1. The second-order valence-corrected chi connectivity index (χ2v) is 4.94. The molecule has 0 saturated carbocycles. The topological polar surface area (TPSA) is 0 Å². The zero-order valence-electron chi connectivity index (χ0n) is 7.07. The van der Waals surface area contributed by atoms with Gasteiger partial charge in [0.25, 0.3) is 0 Å². The van der Waals surface area contributed by atoms with Gasteiger partial charge >= 0.3 is 0 Å². The third-order valence-corrected chi connectivity index (χ3v) is 3.61. The van der Waals surface area contributed by atoms with Crippen LogP contribution >= 0.6 is 21.6 Å². The minimum Gasteiger partial charge on any atom is -0.102 e. The first-order valence-corrected chi connectivity index (χ1v) is 6.37. The van der Waals surface area contributed by atoms with Crippen molar-refractivity contribution in [2.75, 3.05) is 6.26 Å². The minimum absolute atomic E-state index is 0.418. The van der Waals surface area contributed by atoms with Crippen molar-refractivity contribution in [2.45, 2.75) is 5.25 Å². The quantitative estimate of drug-likeness (QED) is 0.528. The molecule has 1 rings (SSSR count). The van der Waals surface area contributed by atoms with Gasteiger partial charge in [-0.05, 0) is 11.8 Å². The Hall–Kier alpha value is -0.340. The van der Waals surface area contributed by atoms with Crippen molar-refractivity contribution in [1.82, 2.24) is 0 Å². The van der Waals surface area contributed by atoms with E-state index < -0.39 is 0 Å². The Kier molecular flexibility index (Phi) is 4.33. The van der Waals surface area contributed by atoms with E-state index in [1.165, 1.54) is 5.56 Å². The maximum atomic E-state index is 3.82. The van der Waals surface area contributed by atoms with E-state index in [4.69, 9.17) is 0 Å². The van der Waals surface area contributed by atoms with Crippen molar-refractivity contribution in [3.05, 3.63) is 48.6 Å². The van der Waals surface area contributed by atoms with Crippen LogP contribution in [-0.4, -0.2) is 6.26 Å². The zero-order chi connectivity index (χ0) is 8.81.